The highest BCUT2D eigenvalue weighted by atomic mass is 19.1. The van der Waals surface area contributed by atoms with Crippen molar-refractivity contribution in [3.8, 4) is 0 Å². The number of aromatic nitrogens is 2. The molecule has 3 N–H and O–H groups in total. The number of hydrogen-bond donors (Lipinski definition) is 3. The molecule has 0 radical (unpaired) electrons. The van der Waals surface area contributed by atoms with E-state index in [9.17, 15) is 24.2 Å². The van der Waals surface area contributed by atoms with Gasteiger partial charge in [-0.1, -0.05) is 19.8 Å². The second kappa shape index (κ2) is 8.37. The number of carbonyl (C=O) groups excluding carboxylic acids is 1. The van der Waals surface area contributed by atoms with E-state index >= 15 is 0 Å². The summed E-state index contributed by atoms with van der Waals surface area (Å²) in [6.45, 7) is 3.68. The van der Waals surface area contributed by atoms with E-state index in [4.69, 9.17) is 9.47 Å². The molecule has 0 saturated carbocycles. The molecule has 140 valence electrons. The van der Waals surface area contributed by atoms with E-state index in [1.807, 2.05) is 6.92 Å². The number of aliphatic hydroxyl groups excluding tert-OH is 2. The number of hydrogen-bond acceptors (Lipinski definition) is 7. The molecule has 9 nitrogen and oxygen atoms in total. The minimum atomic E-state index is -1.41. The Kier molecular flexibility index (Phi) is 6.45. The van der Waals surface area contributed by atoms with Gasteiger partial charge in [-0.25, -0.2) is 14.0 Å². The van der Waals surface area contributed by atoms with E-state index in [1.165, 1.54) is 6.92 Å². The molecule has 1 aliphatic rings. The van der Waals surface area contributed by atoms with Crippen LogP contribution in [0.1, 0.15) is 39.3 Å². The molecule has 0 unspecified atom stereocenters. The first-order valence-corrected chi connectivity index (χ1v) is 8.09. The van der Waals surface area contributed by atoms with Gasteiger partial charge in [0.1, 0.15) is 12.2 Å². The summed E-state index contributed by atoms with van der Waals surface area (Å²) in [5, 5.41) is 21.6. The molecule has 0 aromatic carbocycles. The van der Waals surface area contributed by atoms with Crippen LogP contribution in [0, 0.1) is 5.82 Å². The number of aliphatic hydroxyl groups is 2. The van der Waals surface area contributed by atoms with E-state index in [2.05, 4.69) is 10.3 Å². The van der Waals surface area contributed by atoms with Gasteiger partial charge in [0.05, 0.1) is 18.9 Å². The van der Waals surface area contributed by atoms with Gasteiger partial charge < -0.3 is 19.7 Å². The minimum absolute atomic E-state index is 0.177. The van der Waals surface area contributed by atoms with Crippen LogP contribution in [0.4, 0.5) is 15.0 Å². The van der Waals surface area contributed by atoms with Crippen LogP contribution in [0.25, 0.3) is 0 Å². The lowest BCUT2D eigenvalue weighted by molar-refractivity contribution is -0.0355. The summed E-state index contributed by atoms with van der Waals surface area (Å²) in [7, 11) is 0. The summed E-state index contributed by atoms with van der Waals surface area (Å²) in [5.74, 6) is -1.59. The fourth-order valence-corrected chi connectivity index (χ4v) is 2.42. The molecule has 0 bridgehead atoms. The van der Waals surface area contributed by atoms with Gasteiger partial charge in [-0.2, -0.15) is 4.98 Å². The number of rotatable bonds is 6. The third-order valence-corrected chi connectivity index (χ3v) is 3.86. The molecule has 0 spiro atoms. The fourth-order valence-electron chi connectivity index (χ4n) is 2.42. The van der Waals surface area contributed by atoms with Gasteiger partial charge in [0.2, 0.25) is 0 Å². The molecule has 4 atom stereocenters. The summed E-state index contributed by atoms with van der Waals surface area (Å²) in [6.07, 6.45) is -2.25. The van der Waals surface area contributed by atoms with E-state index in [-0.39, 0.29) is 6.61 Å². The highest BCUT2D eigenvalue weighted by Gasteiger charge is 2.42. The molecule has 1 aliphatic heterocycles. The SMILES string of the molecule is CCCCCOC(=O)Nc1nc(=O)n([C@@H]2O[C@H](C)[C@H](O)[C@@H]2O)cc1F. The van der Waals surface area contributed by atoms with E-state index < -0.39 is 48.0 Å². The molecule has 1 fully saturated rings. The van der Waals surface area contributed by atoms with Crippen molar-refractivity contribution in [3.63, 3.8) is 0 Å². The van der Waals surface area contributed by atoms with Gasteiger partial charge in [-0.15, -0.1) is 0 Å². The monoisotopic (exact) mass is 359 g/mol. The Labute approximate surface area is 143 Å². The van der Waals surface area contributed by atoms with Crippen LogP contribution >= 0.6 is 0 Å². The number of halogens is 1. The lowest BCUT2D eigenvalue weighted by Crippen LogP contribution is -2.36. The van der Waals surface area contributed by atoms with Gasteiger partial charge in [0.15, 0.2) is 17.9 Å². The third kappa shape index (κ3) is 4.53. The molecule has 1 saturated heterocycles. The van der Waals surface area contributed by atoms with Crippen molar-refractivity contribution in [2.75, 3.05) is 11.9 Å². The van der Waals surface area contributed by atoms with Crippen LogP contribution in [-0.4, -0.2) is 50.8 Å². The van der Waals surface area contributed by atoms with Crippen LogP contribution in [0.5, 0.6) is 0 Å². The zero-order chi connectivity index (χ0) is 18.6. The number of nitrogens with zero attached hydrogens (tertiary/aromatic N) is 2. The zero-order valence-electron chi connectivity index (χ0n) is 14.0. The standard InChI is InChI=1S/C15H22FN3O6/c1-3-4-5-6-24-15(23)18-12-9(16)7-19(14(22)17-12)13-11(21)10(20)8(2)25-13/h7-8,10-11,13,20-21H,3-6H2,1-2H3,(H,17,18,22,23)/t8-,10+,11+,13-/m1/s1. The first kappa shape index (κ1) is 19.3. The van der Waals surface area contributed by atoms with Crippen molar-refractivity contribution in [1.82, 2.24) is 9.55 Å². The van der Waals surface area contributed by atoms with Gasteiger partial charge in [-0.05, 0) is 13.3 Å². The van der Waals surface area contributed by atoms with Crippen molar-refractivity contribution < 1.29 is 28.9 Å². The largest absolute Gasteiger partial charge is 0.449 e. The van der Waals surface area contributed by atoms with E-state index in [0.29, 0.717) is 6.42 Å². The maximum atomic E-state index is 14.1. The molecule has 0 aliphatic carbocycles. The molecule has 1 amide bonds. The maximum absolute atomic E-state index is 14.1. The second-order valence-corrected chi connectivity index (χ2v) is 5.81. The smallest absolute Gasteiger partial charge is 0.412 e. The number of unbranched alkanes of at least 4 members (excludes halogenated alkanes) is 2. The highest BCUT2D eigenvalue weighted by molar-refractivity contribution is 5.83. The molecular weight excluding hydrogens is 337 g/mol. The summed E-state index contributed by atoms with van der Waals surface area (Å²) in [4.78, 5) is 27.0. The third-order valence-electron chi connectivity index (χ3n) is 3.86. The number of ether oxygens (including phenoxy) is 2. The second-order valence-electron chi connectivity index (χ2n) is 5.81. The molecule has 25 heavy (non-hydrogen) atoms. The van der Waals surface area contributed by atoms with Gasteiger partial charge >= 0.3 is 11.8 Å². The average Bonchev–Trinajstić information content (AvgIpc) is 2.82. The first-order valence-electron chi connectivity index (χ1n) is 8.09. The van der Waals surface area contributed by atoms with Gasteiger partial charge in [0, 0.05) is 0 Å². The maximum Gasteiger partial charge on any atom is 0.412 e. The van der Waals surface area contributed by atoms with Crippen molar-refractivity contribution in [1.29, 1.82) is 0 Å². The van der Waals surface area contributed by atoms with Crippen LogP contribution in [-0.2, 0) is 9.47 Å². The lowest BCUT2D eigenvalue weighted by atomic mass is 10.1. The molecule has 1 aromatic rings. The minimum Gasteiger partial charge on any atom is -0.449 e. The topological polar surface area (TPSA) is 123 Å². The number of nitrogens with one attached hydrogen (secondary N) is 1. The Hall–Kier alpha value is -2.04. The van der Waals surface area contributed by atoms with Crippen molar-refractivity contribution >= 4 is 11.9 Å². The molecule has 10 heteroatoms. The Bertz CT molecular complexity index is 667. The van der Waals surface area contributed by atoms with Crippen LogP contribution in [0.2, 0.25) is 0 Å². The molecule has 2 heterocycles. The Morgan fingerprint density at radius 1 is 1.44 bits per heavy atom. The molecule has 1 aromatic heterocycles. The number of anilines is 1. The Morgan fingerprint density at radius 3 is 2.76 bits per heavy atom. The summed E-state index contributed by atoms with van der Waals surface area (Å²) < 4.78 is 24.9. The van der Waals surface area contributed by atoms with E-state index in [0.717, 1.165) is 23.6 Å². The number of carbonyl (C=O) groups is 1. The summed E-state index contributed by atoms with van der Waals surface area (Å²) >= 11 is 0. The predicted octanol–water partition coefficient (Wildman–Crippen LogP) is 0.760. The summed E-state index contributed by atoms with van der Waals surface area (Å²) in [5.41, 5.74) is -0.951. The molecular formula is C15H22FN3O6. The molecule has 2 rings (SSSR count). The normalized spacial score (nSPS) is 25.8. The fraction of sp³-hybridized carbons (Fsp3) is 0.667. The van der Waals surface area contributed by atoms with Gasteiger partial charge in [0.25, 0.3) is 0 Å². The average molecular weight is 359 g/mol. The van der Waals surface area contributed by atoms with Crippen molar-refractivity contribution in [2.24, 2.45) is 0 Å². The van der Waals surface area contributed by atoms with Crippen LogP contribution in [0.3, 0.4) is 0 Å². The first-order chi connectivity index (χ1) is 11.8. The lowest BCUT2D eigenvalue weighted by Gasteiger charge is -2.17. The predicted molar refractivity (Wildman–Crippen MR) is 84.5 cm³/mol. The quantitative estimate of drug-likeness (QED) is 0.641. The van der Waals surface area contributed by atoms with Crippen LogP contribution < -0.4 is 11.0 Å². The van der Waals surface area contributed by atoms with Crippen LogP contribution in [0.15, 0.2) is 11.0 Å². The van der Waals surface area contributed by atoms with Crippen molar-refractivity contribution in [3.05, 3.63) is 22.5 Å². The summed E-state index contributed by atoms with van der Waals surface area (Å²) in [6, 6.07) is 0. The number of amides is 1. The zero-order valence-corrected chi connectivity index (χ0v) is 14.0. The highest BCUT2D eigenvalue weighted by Crippen LogP contribution is 2.28. The Morgan fingerprint density at radius 2 is 2.16 bits per heavy atom. The van der Waals surface area contributed by atoms with Gasteiger partial charge in [-0.3, -0.25) is 9.88 Å². The van der Waals surface area contributed by atoms with E-state index in [1.54, 1.807) is 0 Å². The van der Waals surface area contributed by atoms with Crippen molar-refractivity contribution in [2.45, 2.75) is 57.6 Å². The Balaban J connectivity index is 2.07.